The van der Waals surface area contributed by atoms with Crippen molar-refractivity contribution < 1.29 is 4.74 Å². The lowest BCUT2D eigenvalue weighted by Crippen LogP contribution is -2.26. The van der Waals surface area contributed by atoms with E-state index in [0.29, 0.717) is 17.9 Å². The van der Waals surface area contributed by atoms with Crippen LogP contribution >= 0.6 is 0 Å². The first-order chi connectivity index (χ1) is 6.58. The smallest absolute Gasteiger partial charge is 0.105 e. The second-order valence-electron chi connectivity index (χ2n) is 5.10. The van der Waals surface area contributed by atoms with Crippen LogP contribution < -0.4 is 0 Å². The molecule has 1 saturated heterocycles. The quantitative estimate of drug-likeness (QED) is 0.577. The average Bonchev–Trinajstić information content (AvgIpc) is 2.55. The zero-order valence-electron chi connectivity index (χ0n) is 9.25. The van der Waals surface area contributed by atoms with E-state index < -0.39 is 0 Å². The molecule has 0 spiro atoms. The van der Waals surface area contributed by atoms with Gasteiger partial charge in [0.15, 0.2) is 0 Å². The first-order valence-corrected chi connectivity index (χ1v) is 5.59. The Balaban J connectivity index is 2.08. The summed E-state index contributed by atoms with van der Waals surface area (Å²) < 4.78 is 5.84. The highest BCUT2D eigenvalue weighted by Gasteiger charge is 2.40. The van der Waals surface area contributed by atoms with E-state index in [2.05, 4.69) is 27.0 Å². The summed E-state index contributed by atoms with van der Waals surface area (Å²) in [5, 5.41) is 0. The van der Waals surface area contributed by atoms with E-state index in [4.69, 9.17) is 4.74 Å². The minimum absolute atomic E-state index is 0.400. The summed E-state index contributed by atoms with van der Waals surface area (Å²) in [7, 11) is 0. The van der Waals surface area contributed by atoms with Crippen LogP contribution in [0.4, 0.5) is 0 Å². The zero-order valence-corrected chi connectivity index (χ0v) is 9.25. The normalized spacial score (nSPS) is 43.0. The molecule has 1 heterocycles. The highest BCUT2D eigenvalue weighted by Crippen LogP contribution is 2.44. The van der Waals surface area contributed by atoms with E-state index >= 15 is 0 Å². The predicted octanol–water partition coefficient (Wildman–Crippen LogP) is 3.53. The Kier molecular flexibility index (Phi) is 2.42. The molecule has 0 N–H and O–H groups in total. The molecule has 0 bridgehead atoms. The third-order valence-electron chi connectivity index (χ3n) is 3.70. The first-order valence-electron chi connectivity index (χ1n) is 5.59. The van der Waals surface area contributed by atoms with Crippen molar-refractivity contribution in [3.05, 3.63) is 24.5 Å². The number of allylic oxidation sites excluding steroid dienone is 2. The van der Waals surface area contributed by atoms with E-state index in [-0.39, 0.29) is 0 Å². The van der Waals surface area contributed by atoms with Gasteiger partial charge in [-0.25, -0.2) is 0 Å². The number of rotatable bonds is 1. The summed E-state index contributed by atoms with van der Waals surface area (Å²) in [4.78, 5) is 0. The summed E-state index contributed by atoms with van der Waals surface area (Å²) in [6.45, 7) is 12.6. The van der Waals surface area contributed by atoms with Crippen LogP contribution in [0.15, 0.2) is 24.5 Å². The summed E-state index contributed by atoms with van der Waals surface area (Å²) >= 11 is 0. The van der Waals surface area contributed by atoms with Gasteiger partial charge >= 0.3 is 0 Å². The minimum atomic E-state index is 0.400. The number of hydrogen-bond acceptors (Lipinski definition) is 1. The summed E-state index contributed by atoms with van der Waals surface area (Å²) in [5.74, 6) is 3.03. The lowest BCUT2D eigenvalue weighted by molar-refractivity contribution is 0.0633. The van der Waals surface area contributed by atoms with Crippen molar-refractivity contribution >= 4 is 0 Å². The summed E-state index contributed by atoms with van der Waals surface area (Å²) in [5.41, 5.74) is 1.40. The maximum absolute atomic E-state index is 5.84. The lowest BCUT2D eigenvalue weighted by atomic mass is 9.85. The summed E-state index contributed by atoms with van der Waals surface area (Å²) in [6, 6.07) is 0. The van der Waals surface area contributed by atoms with Gasteiger partial charge in [-0.15, -0.1) is 0 Å². The SMILES string of the molecule is C=C1CC(C)C(C2OC(=C)CC2C)C1. The van der Waals surface area contributed by atoms with Crippen molar-refractivity contribution in [3.8, 4) is 0 Å². The molecule has 4 unspecified atom stereocenters. The molecule has 2 aliphatic rings. The van der Waals surface area contributed by atoms with E-state index in [9.17, 15) is 0 Å². The molecule has 0 aromatic rings. The van der Waals surface area contributed by atoms with Crippen molar-refractivity contribution in [2.45, 2.75) is 39.2 Å². The van der Waals surface area contributed by atoms with Crippen LogP contribution in [0.3, 0.4) is 0 Å². The zero-order chi connectivity index (χ0) is 10.3. The van der Waals surface area contributed by atoms with Crippen LogP contribution in [-0.4, -0.2) is 6.10 Å². The van der Waals surface area contributed by atoms with Gasteiger partial charge in [-0.05, 0) is 18.8 Å². The standard InChI is InChI=1S/C13H20O/c1-8-5-9(2)12(6-8)13-10(3)7-11(4)14-13/h9-10,12-13H,1,4-7H2,2-3H3. The van der Waals surface area contributed by atoms with Crippen molar-refractivity contribution in [2.24, 2.45) is 17.8 Å². The minimum Gasteiger partial charge on any atom is -0.495 e. The van der Waals surface area contributed by atoms with Crippen molar-refractivity contribution in [2.75, 3.05) is 0 Å². The molecule has 2 rings (SSSR count). The molecule has 0 aromatic heterocycles. The second kappa shape index (κ2) is 3.45. The fourth-order valence-corrected chi connectivity index (χ4v) is 3.01. The predicted molar refractivity (Wildman–Crippen MR) is 58.8 cm³/mol. The van der Waals surface area contributed by atoms with Crippen molar-refractivity contribution in [1.29, 1.82) is 0 Å². The van der Waals surface area contributed by atoms with Gasteiger partial charge in [-0.3, -0.25) is 0 Å². The number of hydrogen-bond donors (Lipinski definition) is 0. The molecule has 1 heteroatoms. The molecular weight excluding hydrogens is 172 g/mol. The Morgan fingerprint density at radius 2 is 1.79 bits per heavy atom. The van der Waals surface area contributed by atoms with Crippen LogP contribution in [-0.2, 0) is 4.74 Å². The van der Waals surface area contributed by atoms with E-state index in [1.54, 1.807) is 0 Å². The average molecular weight is 192 g/mol. The monoisotopic (exact) mass is 192 g/mol. The van der Waals surface area contributed by atoms with Crippen LogP contribution in [0.2, 0.25) is 0 Å². The van der Waals surface area contributed by atoms with Gasteiger partial charge < -0.3 is 4.74 Å². The Labute approximate surface area is 86.8 Å². The maximum atomic E-state index is 5.84. The first kappa shape index (κ1) is 9.82. The molecule has 0 amide bonds. The molecule has 2 fully saturated rings. The Morgan fingerprint density at radius 3 is 2.21 bits per heavy atom. The topological polar surface area (TPSA) is 9.23 Å². The second-order valence-corrected chi connectivity index (χ2v) is 5.10. The van der Waals surface area contributed by atoms with E-state index in [1.807, 2.05) is 0 Å². The maximum Gasteiger partial charge on any atom is 0.105 e. The Hall–Kier alpha value is -0.720. The van der Waals surface area contributed by atoms with Gasteiger partial charge in [0.2, 0.25) is 0 Å². The molecular formula is C13H20O. The molecule has 1 aliphatic carbocycles. The van der Waals surface area contributed by atoms with Gasteiger partial charge in [-0.1, -0.05) is 32.6 Å². The van der Waals surface area contributed by atoms with Crippen LogP contribution in [0.25, 0.3) is 0 Å². The fraction of sp³-hybridized carbons (Fsp3) is 0.692. The van der Waals surface area contributed by atoms with E-state index in [0.717, 1.165) is 24.5 Å². The molecule has 1 nitrogen and oxygen atoms in total. The van der Waals surface area contributed by atoms with E-state index in [1.165, 1.54) is 12.0 Å². The molecule has 78 valence electrons. The van der Waals surface area contributed by atoms with Gasteiger partial charge in [0.1, 0.15) is 6.10 Å². The summed E-state index contributed by atoms with van der Waals surface area (Å²) in [6.07, 6.45) is 3.78. The van der Waals surface area contributed by atoms with Gasteiger partial charge in [0.25, 0.3) is 0 Å². The lowest BCUT2D eigenvalue weighted by Gasteiger charge is -2.25. The highest BCUT2D eigenvalue weighted by atomic mass is 16.5. The Bertz CT molecular complexity index is 238. The third kappa shape index (κ3) is 1.60. The van der Waals surface area contributed by atoms with Crippen molar-refractivity contribution in [3.63, 3.8) is 0 Å². The number of ether oxygens (including phenoxy) is 1. The van der Waals surface area contributed by atoms with Gasteiger partial charge in [0, 0.05) is 18.3 Å². The molecule has 0 aromatic carbocycles. The van der Waals surface area contributed by atoms with Crippen molar-refractivity contribution in [1.82, 2.24) is 0 Å². The largest absolute Gasteiger partial charge is 0.495 e. The molecule has 0 radical (unpaired) electrons. The highest BCUT2D eigenvalue weighted by molar-refractivity contribution is 5.09. The van der Waals surface area contributed by atoms with Crippen LogP contribution in [0.5, 0.6) is 0 Å². The third-order valence-corrected chi connectivity index (χ3v) is 3.70. The molecule has 1 saturated carbocycles. The molecule has 4 atom stereocenters. The van der Waals surface area contributed by atoms with Crippen LogP contribution in [0, 0.1) is 17.8 Å². The molecule has 14 heavy (non-hydrogen) atoms. The van der Waals surface area contributed by atoms with Gasteiger partial charge in [-0.2, -0.15) is 0 Å². The van der Waals surface area contributed by atoms with Gasteiger partial charge in [0.05, 0.1) is 5.76 Å². The Morgan fingerprint density at radius 1 is 1.07 bits per heavy atom. The molecule has 1 aliphatic heterocycles. The fourth-order valence-electron chi connectivity index (χ4n) is 3.01. The van der Waals surface area contributed by atoms with Crippen LogP contribution in [0.1, 0.15) is 33.1 Å².